The minimum atomic E-state index is -3.67. The molecule has 2 rings (SSSR count). The van der Waals surface area contributed by atoms with Crippen LogP contribution in [0.3, 0.4) is 0 Å². The molecule has 2 aromatic rings. The largest absolute Gasteiger partial charge is 0.454 e. The minimum Gasteiger partial charge on any atom is -0.454 e. The zero-order valence-corrected chi connectivity index (χ0v) is 17.5. The summed E-state index contributed by atoms with van der Waals surface area (Å²) in [6, 6.07) is 9.01. The van der Waals surface area contributed by atoms with Crippen molar-refractivity contribution in [3.8, 4) is 0 Å². The van der Waals surface area contributed by atoms with Gasteiger partial charge in [0, 0.05) is 13.1 Å². The Morgan fingerprint density at radius 2 is 1.85 bits per heavy atom. The summed E-state index contributed by atoms with van der Waals surface area (Å²) in [7, 11) is -3.67. The predicted octanol–water partition coefficient (Wildman–Crippen LogP) is 3.58. The second-order valence-corrected chi connectivity index (χ2v) is 9.62. The van der Waals surface area contributed by atoms with Crippen molar-refractivity contribution in [1.82, 2.24) is 4.31 Å². The molecule has 26 heavy (non-hydrogen) atoms. The molecule has 0 aliphatic rings. The molecule has 0 N–H and O–H groups in total. The van der Waals surface area contributed by atoms with Crippen LogP contribution in [0, 0.1) is 0 Å². The van der Waals surface area contributed by atoms with E-state index in [4.69, 9.17) is 4.74 Å². The van der Waals surface area contributed by atoms with Crippen molar-refractivity contribution in [2.24, 2.45) is 0 Å². The Hall–Kier alpha value is -1.55. The van der Waals surface area contributed by atoms with Gasteiger partial charge in [0.25, 0.3) is 0 Å². The van der Waals surface area contributed by atoms with Crippen LogP contribution in [0.15, 0.2) is 45.1 Å². The maximum absolute atomic E-state index is 12.5. The number of nitrogens with zero attached hydrogens (tertiary/aromatic N) is 1. The van der Waals surface area contributed by atoms with Gasteiger partial charge in [-0.3, -0.25) is 4.79 Å². The molecule has 1 aromatic heterocycles. The summed E-state index contributed by atoms with van der Waals surface area (Å²) in [5, 5.41) is 0. The smallest absolute Gasteiger partial charge is 0.338 e. The van der Waals surface area contributed by atoms with Gasteiger partial charge in [-0.25, -0.2) is 13.2 Å². The topological polar surface area (TPSA) is 80.8 Å². The zero-order valence-electron chi connectivity index (χ0n) is 14.3. The summed E-state index contributed by atoms with van der Waals surface area (Å²) in [6.07, 6.45) is 0. The number of halogens is 1. The summed E-state index contributed by atoms with van der Waals surface area (Å²) in [6.45, 7) is 3.75. The lowest BCUT2D eigenvalue weighted by molar-refractivity contribution is 0.0475. The SMILES string of the molecule is CCN(CC)S(=O)(=O)c1cccc(C(=O)OCC(=O)c2ccc(Br)s2)c1. The Kier molecular flexibility index (Phi) is 7.10. The molecule has 1 heterocycles. The van der Waals surface area contributed by atoms with E-state index in [-0.39, 0.29) is 16.2 Å². The molecule has 0 atom stereocenters. The number of thiophene rings is 1. The number of benzene rings is 1. The summed E-state index contributed by atoms with van der Waals surface area (Å²) in [5.41, 5.74) is 0.0818. The fraction of sp³-hybridized carbons (Fsp3) is 0.294. The molecule has 0 amide bonds. The lowest BCUT2D eigenvalue weighted by Crippen LogP contribution is -2.30. The minimum absolute atomic E-state index is 0.0177. The van der Waals surface area contributed by atoms with Crippen LogP contribution in [-0.4, -0.2) is 44.2 Å². The lowest BCUT2D eigenvalue weighted by atomic mass is 10.2. The van der Waals surface area contributed by atoms with Crippen LogP contribution in [0.4, 0.5) is 0 Å². The molecule has 0 aliphatic heterocycles. The first kappa shape index (κ1) is 20.8. The molecular formula is C17H18BrNO5S2. The molecule has 6 nitrogen and oxygen atoms in total. The van der Waals surface area contributed by atoms with E-state index >= 15 is 0 Å². The summed E-state index contributed by atoms with van der Waals surface area (Å²) in [5.74, 6) is -1.06. The van der Waals surface area contributed by atoms with Crippen molar-refractivity contribution >= 4 is 49.0 Å². The number of rotatable bonds is 8. The monoisotopic (exact) mass is 459 g/mol. The summed E-state index contributed by atoms with van der Waals surface area (Å²) in [4.78, 5) is 24.7. The van der Waals surface area contributed by atoms with Crippen molar-refractivity contribution in [1.29, 1.82) is 0 Å². The van der Waals surface area contributed by atoms with Gasteiger partial charge in [-0.05, 0) is 46.3 Å². The van der Waals surface area contributed by atoms with Gasteiger partial charge in [-0.1, -0.05) is 19.9 Å². The highest BCUT2D eigenvalue weighted by molar-refractivity contribution is 9.11. The molecule has 0 spiro atoms. The molecule has 0 saturated heterocycles. The van der Waals surface area contributed by atoms with Crippen molar-refractivity contribution in [2.45, 2.75) is 18.7 Å². The van der Waals surface area contributed by atoms with Crippen LogP contribution in [0.2, 0.25) is 0 Å². The van der Waals surface area contributed by atoms with Crippen LogP contribution in [0.25, 0.3) is 0 Å². The fourth-order valence-electron chi connectivity index (χ4n) is 2.25. The number of Topliss-reactive ketones (excluding diaryl/α,β-unsaturated/α-hetero) is 1. The molecule has 0 bridgehead atoms. The van der Waals surface area contributed by atoms with Crippen LogP contribution < -0.4 is 0 Å². The number of carbonyl (C=O) groups excluding carboxylic acids is 2. The number of ketones is 1. The van der Waals surface area contributed by atoms with E-state index in [1.54, 1.807) is 26.0 Å². The number of carbonyl (C=O) groups is 2. The van der Waals surface area contributed by atoms with Gasteiger partial charge < -0.3 is 4.74 Å². The fourth-order valence-corrected chi connectivity index (χ4v) is 5.06. The molecule has 0 unspecified atom stereocenters. The number of sulfonamides is 1. The Balaban J connectivity index is 2.12. The molecule has 0 radical (unpaired) electrons. The van der Waals surface area contributed by atoms with Gasteiger partial charge in [0.15, 0.2) is 6.61 Å². The summed E-state index contributed by atoms with van der Waals surface area (Å²) < 4.78 is 32.2. The maximum atomic E-state index is 12.5. The molecule has 140 valence electrons. The van der Waals surface area contributed by atoms with E-state index in [1.165, 1.54) is 39.9 Å². The Morgan fingerprint density at radius 1 is 1.15 bits per heavy atom. The van der Waals surface area contributed by atoms with Gasteiger partial charge in [0.05, 0.1) is 19.1 Å². The summed E-state index contributed by atoms with van der Waals surface area (Å²) >= 11 is 4.51. The number of hydrogen-bond acceptors (Lipinski definition) is 6. The third kappa shape index (κ3) is 4.79. The highest BCUT2D eigenvalue weighted by Crippen LogP contribution is 2.22. The lowest BCUT2D eigenvalue weighted by Gasteiger charge is -2.18. The van der Waals surface area contributed by atoms with E-state index in [9.17, 15) is 18.0 Å². The third-order valence-corrected chi connectivity index (χ3v) is 7.31. The van der Waals surface area contributed by atoms with Gasteiger partial charge in [0.1, 0.15) is 0 Å². The Bertz CT molecular complexity index is 903. The van der Waals surface area contributed by atoms with Crippen molar-refractivity contribution in [3.05, 3.63) is 50.6 Å². The Labute approximate surface area is 165 Å². The standard InChI is InChI=1S/C17H18BrNO5S2/c1-3-19(4-2)26(22,23)13-7-5-6-12(10-13)17(21)24-11-14(20)15-8-9-16(18)25-15/h5-10H,3-4,11H2,1-2H3. The van der Waals surface area contributed by atoms with Gasteiger partial charge in [0.2, 0.25) is 15.8 Å². The van der Waals surface area contributed by atoms with Crippen molar-refractivity contribution in [2.75, 3.05) is 19.7 Å². The second-order valence-electron chi connectivity index (χ2n) is 5.22. The zero-order chi connectivity index (χ0) is 19.3. The van der Waals surface area contributed by atoms with Crippen molar-refractivity contribution in [3.63, 3.8) is 0 Å². The first-order valence-electron chi connectivity index (χ1n) is 7.85. The van der Waals surface area contributed by atoms with E-state index < -0.39 is 22.6 Å². The first-order chi connectivity index (χ1) is 12.3. The molecule has 0 fully saturated rings. The molecular weight excluding hydrogens is 442 g/mol. The van der Waals surface area contributed by atoms with E-state index in [2.05, 4.69) is 15.9 Å². The van der Waals surface area contributed by atoms with Crippen molar-refractivity contribution < 1.29 is 22.7 Å². The number of ether oxygens (including phenoxy) is 1. The van der Waals surface area contributed by atoms with Crippen LogP contribution in [-0.2, 0) is 14.8 Å². The van der Waals surface area contributed by atoms with Gasteiger partial charge in [-0.15, -0.1) is 11.3 Å². The predicted molar refractivity (Wildman–Crippen MR) is 103 cm³/mol. The normalized spacial score (nSPS) is 11.5. The second kappa shape index (κ2) is 8.90. The third-order valence-electron chi connectivity index (χ3n) is 3.60. The number of esters is 1. The van der Waals surface area contributed by atoms with E-state index in [0.29, 0.717) is 18.0 Å². The average molecular weight is 460 g/mol. The van der Waals surface area contributed by atoms with E-state index in [1.807, 2.05) is 0 Å². The maximum Gasteiger partial charge on any atom is 0.338 e. The Morgan fingerprint density at radius 3 is 2.42 bits per heavy atom. The van der Waals surface area contributed by atoms with E-state index in [0.717, 1.165) is 3.79 Å². The number of hydrogen-bond donors (Lipinski definition) is 0. The first-order valence-corrected chi connectivity index (χ1v) is 10.9. The van der Waals surface area contributed by atoms with Gasteiger partial charge >= 0.3 is 5.97 Å². The van der Waals surface area contributed by atoms with Crippen LogP contribution >= 0.6 is 27.3 Å². The molecule has 0 aliphatic carbocycles. The average Bonchev–Trinajstić information content (AvgIpc) is 3.07. The van der Waals surface area contributed by atoms with Crippen LogP contribution in [0.5, 0.6) is 0 Å². The molecule has 1 aromatic carbocycles. The molecule has 9 heteroatoms. The quantitative estimate of drug-likeness (QED) is 0.445. The van der Waals surface area contributed by atoms with Crippen LogP contribution in [0.1, 0.15) is 33.9 Å². The van der Waals surface area contributed by atoms with Gasteiger partial charge in [-0.2, -0.15) is 4.31 Å². The highest BCUT2D eigenvalue weighted by atomic mass is 79.9. The highest BCUT2D eigenvalue weighted by Gasteiger charge is 2.23. The molecule has 0 saturated carbocycles.